The summed E-state index contributed by atoms with van der Waals surface area (Å²) in [5.41, 5.74) is 0. The molecule has 0 aromatic carbocycles. The quantitative estimate of drug-likeness (QED) is 0.249. The average Bonchev–Trinajstić information content (AvgIpc) is 2.52. The molecule has 0 bridgehead atoms. The van der Waals surface area contributed by atoms with Gasteiger partial charge in [-0.2, -0.15) is 0 Å². The number of aliphatic imine (C=N–C) groups is 1. The zero-order valence-electron chi connectivity index (χ0n) is 15.7. The summed E-state index contributed by atoms with van der Waals surface area (Å²) in [5, 5.41) is 7.00. The summed E-state index contributed by atoms with van der Waals surface area (Å²) in [4.78, 5) is 6.79. The number of piperidine rings is 1. The van der Waals surface area contributed by atoms with Crippen LogP contribution in [0.15, 0.2) is 4.99 Å². The maximum Gasteiger partial charge on any atom is 0.191 e. The van der Waals surface area contributed by atoms with Crippen LogP contribution >= 0.6 is 24.0 Å². The first-order chi connectivity index (χ1) is 10.7. The van der Waals surface area contributed by atoms with E-state index in [-0.39, 0.29) is 24.0 Å². The van der Waals surface area contributed by atoms with E-state index in [2.05, 4.69) is 41.4 Å². The fraction of sp³-hybridized carbons (Fsp3) is 0.944. The third-order valence-electron chi connectivity index (χ3n) is 4.78. The van der Waals surface area contributed by atoms with Crippen molar-refractivity contribution < 1.29 is 0 Å². The molecule has 0 saturated carbocycles. The maximum atomic E-state index is 4.35. The van der Waals surface area contributed by atoms with Crippen LogP contribution in [-0.4, -0.2) is 50.6 Å². The Kier molecular flexibility index (Phi) is 14.3. The van der Waals surface area contributed by atoms with Crippen molar-refractivity contribution in [2.75, 3.05) is 33.7 Å². The number of likely N-dealkylation sites (tertiary alicyclic amines) is 1. The van der Waals surface area contributed by atoms with Crippen molar-refractivity contribution in [3.8, 4) is 0 Å². The van der Waals surface area contributed by atoms with Gasteiger partial charge in [0.1, 0.15) is 0 Å². The lowest BCUT2D eigenvalue weighted by Gasteiger charge is -2.29. The number of hydrogen-bond donors (Lipinski definition) is 2. The molecular formula is C18H39IN4. The maximum absolute atomic E-state index is 4.35. The second-order valence-corrected chi connectivity index (χ2v) is 6.93. The summed E-state index contributed by atoms with van der Waals surface area (Å²) >= 11 is 0. The van der Waals surface area contributed by atoms with Crippen molar-refractivity contribution in [2.24, 2.45) is 10.9 Å². The summed E-state index contributed by atoms with van der Waals surface area (Å²) < 4.78 is 0. The highest BCUT2D eigenvalue weighted by atomic mass is 127. The predicted molar refractivity (Wildman–Crippen MR) is 113 cm³/mol. The molecule has 0 aliphatic carbocycles. The summed E-state index contributed by atoms with van der Waals surface area (Å²) in [7, 11) is 4.09. The number of nitrogens with one attached hydrogen (secondary N) is 2. The Bertz CT molecular complexity index is 301. The van der Waals surface area contributed by atoms with Gasteiger partial charge in [-0.1, -0.05) is 32.6 Å². The lowest BCUT2D eigenvalue weighted by molar-refractivity contribution is 0.213. The Balaban J connectivity index is 0.00000484. The molecule has 1 unspecified atom stereocenters. The molecule has 138 valence electrons. The normalized spacial score (nSPS) is 18.3. The Morgan fingerprint density at radius 1 is 1.22 bits per heavy atom. The van der Waals surface area contributed by atoms with Gasteiger partial charge in [0.2, 0.25) is 0 Å². The zero-order chi connectivity index (χ0) is 16.2. The van der Waals surface area contributed by atoms with Crippen LogP contribution in [-0.2, 0) is 0 Å². The smallest absolute Gasteiger partial charge is 0.191 e. The predicted octanol–water partition coefficient (Wildman–Crippen LogP) is 3.86. The third kappa shape index (κ3) is 11.2. The van der Waals surface area contributed by atoms with Crippen molar-refractivity contribution >= 4 is 29.9 Å². The second kappa shape index (κ2) is 14.3. The second-order valence-electron chi connectivity index (χ2n) is 6.93. The first-order valence-electron chi connectivity index (χ1n) is 9.31. The fourth-order valence-corrected chi connectivity index (χ4v) is 3.12. The standard InChI is InChI=1S/C18H38N4.HI/c1-5-6-7-8-9-16(2)21-18(19-3)20-13-10-17-11-14-22(4)15-12-17;/h16-17H,5-15H2,1-4H3,(H2,19,20,21);1H. The highest BCUT2D eigenvalue weighted by Crippen LogP contribution is 2.18. The van der Waals surface area contributed by atoms with Gasteiger partial charge in [-0.15, -0.1) is 24.0 Å². The zero-order valence-corrected chi connectivity index (χ0v) is 18.1. The van der Waals surface area contributed by atoms with Crippen LogP contribution in [0.5, 0.6) is 0 Å². The third-order valence-corrected chi connectivity index (χ3v) is 4.78. The molecule has 0 aromatic heterocycles. The van der Waals surface area contributed by atoms with E-state index in [9.17, 15) is 0 Å². The van der Waals surface area contributed by atoms with Gasteiger partial charge >= 0.3 is 0 Å². The van der Waals surface area contributed by atoms with Crippen LogP contribution < -0.4 is 10.6 Å². The van der Waals surface area contributed by atoms with Crippen LogP contribution in [0.2, 0.25) is 0 Å². The minimum atomic E-state index is 0. The van der Waals surface area contributed by atoms with Gasteiger partial charge in [-0.05, 0) is 58.7 Å². The molecule has 0 radical (unpaired) electrons. The Hall–Kier alpha value is -0.0400. The van der Waals surface area contributed by atoms with Crippen molar-refractivity contribution in [1.29, 1.82) is 0 Å². The molecule has 1 fully saturated rings. The Morgan fingerprint density at radius 2 is 1.91 bits per heavy atom. The Morgan fingerprint density at radius 3 is 2.52 bits per heavy atom. The number of nitrogens with zero attached hydrogens (tertiary/aromatic N) is 2. The van der Waals surface area contributed by atoms with Gasteiger partial charge in [-0.25, -0.2) is 0 Å². The summed E-state index contributed by atoms with van der Waals surface area (Å²) in [6.07, 6.45) is 10.5. The molecule has 0 spiro atoms. The van der Waals surface area contributed by atoms with E-state index < -0.39 is 0 Å². The van der Waals surface area contributed by atoms with Crippen molar-refractivity contribution in [3.05, 3.63) is 0 Å². The van der Waals surface area contributed by atoms with E-state index in [0.29, 0.717) is 6.04 Å². The van der Waals surface area contributed by atoms with Gasteiger partial charge in [0, 0.05) is 19.6 Å². The van der Waals surface area contributed by atoms with E-state index in [1.54, 1.807) is 0 Å². The van der Waals surface area contributed by atoms with Crippen LogP contribution in [0.25, 0.3) is 0 Å². The number of rotatable bonds is 9. The molecule has 1 aliphatic rings. The van der Waals surface area contributed by atoms with Gasteiger partial charge in [0.15, 0.2) is 5.96 Å². The molecule has 0 amide bonds. The number of guanidine groups is 1. The highest BCUT2D eigenvalue weighted by Gasteiger charge is 2.16. The van der Waals surface area contributed by atoms with Crippen LogP contribution in [0.4, 0.5) is 0 Å². The van der Waals surface area contributed by atoms with Crippen LogP contribution in [0.3, 0.4) is 0 Å². The monoisotopic (exact) mass is 438 g/mol. The molecule has 2 N–H and O–H groups in total. The average molecular weight is 438 g/mol. The van der Waals surface area contributed by atoms with Gasteiger partial charge in [0.25, 0.3) is 0 Å². The number of unbranched alkanes of at least 4 members (excludes halogenated alkanes) is 3. The molecule has 23 heavy (non-hydrogen) atoms. The lowest BCUT2D eigenvalue weighted by atomic mass is 9.94. The van der Waals surface area contributed by atoms with Crippen molar-refractivity contribution in [3.63, 3.8) is 0 Å². The highest BCUT2D eigenvalue weighted by molar-refractivity contribution is 14.0. The van der Waals surface area contributed by atoms with Gasteiger partial charge in [-0.3, -0.25) is 4.99 Å². The Labute approximate surface area is 161 Å². The molecule has 4 nitrogen and oxygen atoms in total. The summed E-state index contributed by atoms with van der Waals surface area (Å²) in [6, 6.07) is 0.506. The molecular weight excluding hydrogens is 399 g/mol. The van der Waals surface area contributed by atoms with Gasteiger partial charge in [0.05, 0.1) is 0 Å². The largest absolute Gasteiger partial charge is 0.356 e. The molecule has 1 saturated heterocycles. The minimum absolute atomic E-state index is 0. The minimum Gasteiger partial charge on any atom is -0.356 e. The van der Waals surface area contributed by atoms with E-state index in [1.165, 1.54) is 64.5 Å². The van der Waals surface area contributed by atoms with E-state index >= 15 is 0 Å². The van der Waals surface area contributed by atoms with E-state index in [0.717, 1.165) is 18.4 Å². The molecule has 1 aliphatic heterocycles. The molecule has 5 heteroatoms. The lowest BCUT2D eigenvalue weighted by Crippen LogP contribution is -2.43. The van der Waals surface area contributed by atoms with Crippen LogP contribution in [0.1, 0.15) is 65.2 Å². The van der Waals surface area contributed by atoms with Gasteiger partial charge < -0.3 is 15.5 Å². The molecule has 1 atom stereocenters. The number of halogens is 1. The first-order valence-corrected chi connectivity index (χ1v) is 9.31. The molecule has 0 aromatic rings. The SMILES string of the molecule is CCCCCCC(C)NC(=NC)NCCC1CCN(C)CC1.I. The van der Waals surface area contributed by atoms with Crippen molar-refractivity contribution in [1.82, 2.24) is 15.5 Å². The summed E-state index contributed by atoms with van der Waals surface area (Å²) in [6.45, 7) is 8.07. The number of hydrogen-bond acceptors (Lipinski definition) is 2. The fourth-order valence-electron chi connectivity index (χ4n) is 3.12. The topological polar surface area (TPSA) is 39.7 Å². The van der Waals surface area contributed by atoms with Crippen molar-refractivity contribution in [2.45, 2.75) is 71.3 Å². The van der Waals surface area contributed by atoms with E-state index in [4.69, 9.17) is 0 Å². The molecule has 1 heterocycles. The van der Waals surface area contributed by atoms with Crippen LogP contribution in [0, 0.1) is 5.92 Å². The summed E-state index contributed by atoms with van der Waals surface area (Å²) in [5.74, 6) is 1.85. The first kappa shape index (κ1) is 23.0. The van der Waals surface area contributed by atoms with E-state index in [1.807, 2.05) is 7.05 Å². The molecule has 1 rings (SSSR count).